The van der Waals surface area contributed by atoms with Gasteiger partial charge >= 0.3 is 12.1 Å². The first-order valence-electron chi connectivity index (χ1n) is 27.0. The number of anilines is 2. The smallest absolute Gasteiger partial charge is 0.316 e. The van der Waals surface area contributed by atoms with E-state index in [9.17, 15) is 53.1 Å². The molecule has 0 bridgehead atoms. The van der Waals surface area contributed by atoms with Crippen LogP contribution in [0, 0.1) is 0 Å². The third kappa shape index (κ3) is 20.4. The van der Waals surface area contributed by atoms with E-state index in [1.165, 1.54) is 31.2 Å². The fourth-order valence-electron chi connectivity index (χ4n) is 8.98. The van der Waals surface area contributed by atoms with Crippen LogP contribution in [0.25, 0.3) is 10.9 Å². The quantitative estimate of drug-likeness (QED) is 0.0365. The summed E-state index contributed by atoms with van der Waals surface area (Å²) < 4.78 is 0. The van der Waals surface area contributed by atoms with Crippen LogP contribution in [0.1, 0.15) is 48.4 Å². The number of benzene rings is 4. The number of unbranched alkanes of at least 4 members (excludes halogenated alkanes) is 1. The molecule has 1 aromatic heterocycles. The van der Waals surface area contributed by atoms with Crippen molar-refractivity contribution in [1.82, 2.24) is 42.2 Å². The highest BCUT2D eigenvalue weighted by Gasteiger charge is 2.37. The van der Waals surface area contributed by atoms with Gasteiger partial charge in [-0.3, -0.25) is 38.4 Å². The molecule has 9 atom stereocenters. The monoisotopic (exact) mass is 1230 g/mol. The van der Waals surface area contributed by atoms with E-state index in [1.54, 1.807) is 72.9 Å². The number of hydrogen-bond acceptors (Lipinski definition) is 15. The van der Waals surface area contributed by atoms with Crippen LogP contribution in [-0.2, 0) is 64.0 Å². The third-order valence-corrected chi connectivity index (χ3v) is 16.2. The zero-order chi connectivity index (χ0) is 61.7. The summed E-state index contributed by atoms with van der Waals surface area (Å²) in [5.74, 6) is -7.86. The van der Waals surface area contributed by atoms with Gasteiger partial charge < -0.3 is 86.6 Å². The molecule has 454 valence electrons. The van der Waals surface area contributed by atoms with E-state index in [0.717, 1.165) is 21.6 Å². The van der Waals surface area contributed by atoms with E-state index in [4.69, 9.17) is 40.3 Å². The van der Waals surface area contributed by atoms with Crippen molar-refractivity contribution in [2.24, 2.45) is 28.7 Å². The van der Waals surface area contributed by atoms with Gasteiger partial charge in [-0.15, -0.1) is 0 Å². The number of carbonyl (C=O) groups is 10. The molecule has 29 heteroatoms. The molecule has 1 saturated heterocycles. The Morgan fingerprint density at radius 2 is 1.21 bits per heavy atom. The number of amides is 12. The van der Waals surface area contributed by atoms with E-state index in [-0.39, 0.29) is 56.6 Å². The summed E-state index contributed by atoms with van der Waals surface area (Å²) in [5, 5.41) is 35.8. The summed E-state index contributed by atoms with van der Waals surface area (Å²) in [6.45, 7) is 1.43. The van der Waals surface area contributed by atoms with Crippen LogP contribution in [0.3, 0.4) is 0 Å². The predicted molar refractivity (Wildman–Crippen MR) is 324 cm³/mol. The lowest BCUT2D eigenvalue weighted by molar-refractivity contribution is -0.136. The second kappa shape index (κ2) is 32.0. The molecule has 5 aromatic rings. The van der Waals surface area contributed by atoms with E-state index in [0.29, 0.717) is 56.0 Å². The van der Waals surface area contributed by atoms with E-state index < -0.39 is 114 Å². The number of urea groups is 2. The highest BCUT2D eigenvalue weighted by Crippen LogP contribution is 2.25. The Balaban J connectivity index is 1.40. The molecule has 0 spiro atoms. The number of fused-ring (bicyclic) bond motifs is 1. The van der Waals surface area contributed by atoms with Crippen LogP contribution < -0.4 is 76.5 Å². The summed E-state index contributed by atoms with van der Waals surface area (Å²) in [6.07, 6.45) is 0.184. The molecule has 1 aliphatic rings. The van der Waals surface area contributed by atoms with Gasteiger partial charge in [0.1, 0.15) is 42.3 Å². The number of primary amides is 3. The molecule has 0 aliphatic carbocycles. The zero-order valence-corrected chi connectivity index (χ0v) is 48.6. The molecule has 6 rings (SSSR count). The first-order chi connectivity index (χ1) is 40.6. The van der Waals surface area contributed by atoms with Crippen LogP contribution in [0.2, 0.25) is 5.02 Å². The number of hydrogen-bond donors (Lipinski definition) is 16. The van der Waals surface area contributed by atoms with Crippen LogP contribution >= 0.6 is 33.2 Å². The molecule has 4 aromatic carbocycles. The van der Waals surface area contributed by atoms with Crippen molar-refractivity contribution in [3.05, 3.63) is 131 Å². The Hall–Kier alpha value is -8.41. The summed E-state index contributed by atoms with van der Waals surface area (Å²) >= 11 is 6.10. The topological polar surface area (TPSA) is 445 Å². The van der Waals surface area contributed by atoms with Gasteiger partial charge in [-0.05, 0) is 104 Å². The average Bonchev–Trinajstić information content (AvgIpc) is 3.82. The molecule has 0 radical (unpaired) electrons. The van der Waals surface area contributed by atoms with Gasteiger partial charge in [0.2, 0.25) is 47.3 Å². The third-order valence-electron chi connectivity index (χ3n) is 13.5. The number of halogens is 1. The second-order valence-corrected chi connectivity index (χ2v) is 23.1. The number of para-hydroxylation sites is 1. The van der Waals surface area contributed by atoms with Crippen molar-refractivity contribution < 1.29 is 53.1 Å². The molecular weight excluding hydrogens is 1160 g/mol. The maximum Gasteiger partial charge on any atom is 0.316 e. The van der Waals surface area contributed by atoms with Crippen molar-refractivity contribution in [1.29, 1.82) is 0 Å². The molecule has 1 aliphatic heterocycles. The maximum absolute atomic E-state index is 15.0. The second-order valence-electron chi connectivity index (χ2n) is 20.1. The minimum Gasteiger partial charge on any atom is -0.391 e. The van der Waals surface area contributed by atoms with Gasteiger partial charge in [0, 0.05) is 64.3 Å². The molecule has 0 unspecified atom stereocenters. The molecule has 1 fully saturated rings. The first-order valence-corrected chi connectivity index (χ1v) is 29.8. The number of carbonyl (C=O) groups excluding carboxylic acids is 10. The SMILES string of the molecule is C[C@@H](O)[C@@H]1NC(=O)[C@H](CCCCN)NC(=O)[C@@H](Cc2c[nH]c3ccccc23)NC(=O)[C@H](Cc2ccc(NC(N)=O)cc2)NC(=O)[C@H](NC(=O)[C@H](N)Cc2ccc(Cl)cc2)CSSC[C@@H](C(=O)N[C@@H](Cc2ccc(NC(N)=O)cc2)C(N)=O)NC1=O. The van der Waals surface area contributed by atoms with E-state index >= 15 is 0 Å². The standard InChI is InChI=1S/C56H70ClN15O11S2/c1-29(73)46-54(81)71-45(52(79)67-41(47(60)74)23-31-11-17-35(18-12-31)64-55(61)82)28-85-84-27-44(70-48(75)38(59)22-30-9-15-34(57)16-10-30)53(80)68-42(24-32-13-19-36(20-14-32)65-56(62)83)50(77)69-43(25-33-26-63-39-7-3-2-6-37(33)39)51(78)66-40(49(76)72-46)8-4-5-21-58/h2-3,6-7,9-20,26,29,38,40-46,63,73H,4-5,8,21-25,27-28,58-59H2,1H3,(H2,60,74)(H,66,78)(H,67,79)(H,68,80)(H,69,77)(H,70,75)(H,71,81)(H,72,76)(H3,61,64,82)(H3,62,65,83)/t29-,38-,40+,41+,42+,43-,44-,45+,46+/m1/s1. The van der Waals surface area contributed by atoms with Gasteiger partial charge in [-0.2, -0.15) is 0 Å². The Labute approximate surface area is 501 Å². The Morgan fingerprint density at radius 3 is 1.82 bits per heavy atom. The number of aromatic amines is 1. The highest BCUT2D eigenvalue weighted by atomic mass is 35.5. The van der Waals surface area contributed by atoms with Crippen molar-refractivity contribution in [2.75, 3.05) is 28.7 Å². The molecule has 85 heavy (non-hydrogen) atoms. The molecule has 26 nitrogen and oxygen atoms in total. The molecule has 0 saturated carbocycles. The van der Waals surface area contributed by atoms with Gasteiger partial charge in [0.15, 0.2) is 0 Å². The van der Waals surface area contributed by atoms with Gasteiger partial charge in [-0.1, -0.05) is 87.8 Å². The van der Waals surface area contributed by atoms with E-state index in [1.807, 2.05) is 6.07 Å². The van der Waals surface area contributed by atoms with Gasteiger partial charge in [0.25, 0.3) is 0 Å². The number of nitrogens with two attached hydrogens (primary N) is 5. The summed E-state index contributed by atoms with van der Waals surface area (Å²) in [7, 11) is 1.90. The lowest BCUT2D eigenvalue weighted by Gasteiger charge is -2.29. The lowest BCUT2D eigenvalue weighted by Crippen LogP contribution is -2.62. The minimum absolute atomic E-state index is 0.0210. The van der Waals surface area contributed by atoms with Crippen LogP contribution in [0.4, 0.5) is 21.0 Å². The summed E-state index contributed by atoms with van der Waals surface area (Å²) in [6, 6.07) is 12.7. The van der Waals surface area contributed by atoms with Crippen molar-refractivity contribution in [3.8, 4) is 0 Å². The Kier molecular flexibility index (Phi) is 24.8. The zero-order valence-electron chi connectivity index (χ0n) is 46.2. The maximum atomic E-state index is 15.0. The number of nitrogens with one attached hydrogen (secondary N) is 10. The highest BCUT2D eigenvalue weighted by molar-refractivity contribution is 8.76. The van der Waals surface area contributed by atoms with Crippen LogP contribution in [-0.4, -0.2) is 142 Å². The molecule has 21 N–H and O–H groups in total. The minimum atomic E-state index is -1.76. The predicted octanol–water partition coefficient (Wildman–Crippen LogP) is 0.184. The largest absolute Gasteiger partial charge is 0.391 e. The number of aliphatic hydroxyl groups excluding tert-OH is 1. The first kappa shape index (κ1) is 65.7. The lowest BCUT2D eigenvalue weighted by atomic mass is 10.0. The van der Waals surface area contributed by atoms with Crippen molar-refractivity contribution in [3.63, 3.8) is 0 Å². The number of H-pyrrole nitrogens is 1. The molecule has 12 amide bonds. The van der Waals surface area contributed by atoms with Crippen LogP contribution in [0.5, 0.6) is 0 Å². The van der Waals surface area contributed by atoms with Gasteiger partial charge in [-0.25, -0.2) is 9.59 Å². The number of aliphatic hydroxyl groups is 1. The van der Waals surface area contributed by atoms with Gasteiger partial charge in [0.05, 0.1) is 12.1 Å². The summed E-state index contributed by atoms with van der Waals surface area (Å²) in [4.78, 5) is 141. The van der Waals surface area contributed by atoms with Crippen molar-refractivity contribution >= 4 is 115 Å². The van der Waals surface area contributed by atoms with E-state index in [2.05, 4.69) is 52.8 Å². The molecular formula is C56H70ClN15O11S2. The van der Waals surface area contributed by atoms with Crippen molar-refractivity contribution in [2.45, 2.75) is 106 Å². The molecule has 2 heterocycles. The fraction of sp³-hybridized carbons (Fsp3) is 0.357. The Bertz CT molecular complexity index is 3170. The number of aromatic nitrogens is 1. The summed E-state index contributed by atoms with van der Waals surface area (Å²) in [5.41, 5.74) is 32.2. The number of rotatable bonds is 20. The Morgan fingerprint density at radius 1 is 0.659 bits per heavy atom. The average molecular weight is 1230 g/mol. The normalized spacial score (nSPS) is 20.4. The fourth-order valence-corrected chi connectivity index (χ4v) is 11.4. The van der Waals surface area contributed by atoms with Crippen LogP contribution in [0.15, 0.2) is 103 Å².